The highest BCUT2D eigenvalue weighted by atomic mass is 19.1. The van der Waals surface area contributed by atoms with Crippen molar-refractivity contribution in [1.29, 1.82) is 0 Å². The molecule has 1 atom stereocenters. The van der Waals surface area contributed by atoms with Crippen molar-refractivity contribution in [2.45, 2.75) is 26.7 Å². The molecule has 1 heterocycles. The summed E-state index contributed by atoms with van der Waals surface area (Å²) in [4.78, 5) is 39.9. The first-order chi connectivity index (χ1) is 13.3. The summed E-state index contributed by atoms with van der Waals surface area (Å²) >= 11 is 0. The lowest BCUT2D eigenvalue weighted by Crippen LogP contribution is -2.53. The molecule has 8 heteroatoms. The van der Waals surface area contributed by atoms with Crippen LogP contribution in [0.25, 0.3) is 0 Å². The first-order valence-electron chi connectivity index (χ1n) is 9.56. The van der Waals surface area contributed by atoms with Crippen molar-refractivity contribution < 1.29 is 23.5 Å². The summed E-state index contributed by atoms with van der Waals surface area (Å²) in [6.45, 7) is 7.38. The van der Waals surface area contributed by atoms with Crippen LogP contribution in [0.2, 0.25) is 0 Å². The van der Waals surface area contributed by atoms with Crippen LogP contribution >= 0.6 is 0 Å². The number of amides is 3. The fourth-order valence-corrected chi connectivity index (χ4v) is 3.25. The monoisotopic (exact) mass is 393 g/mol. The lowest BCUT2D eigenvalue weighted by atomic mass is 9.87. The van der Waals surface area contributed by atoms with Gasteiger partial charge in [0.25, 0.3) is 0 Å². The third kappa shape index (κ3) is 5.68. The second-order valence-electron chi connectivity index (χ2n) is 7.06. The first kappa shape index (κ1) is 21.7. The minimum atomic E-state index is -0.464. The summed E-state index contributed by atoms with van der Waals surface area (Å²) in [5, 5.41) is 2.70. The Bertz CT molecular complexity index is 685. The molecule has 1 aromatic rings. The van der Waals surface area contributed by atoms with Gasteiger partial charge in [0.1, 0.15) is 5.82 Å². The molecule has 0 radical (unpaired) electrons. The van der Waals surface area contributed by atoms with Crippen molar-refractivity contribution in [1.82, 2.24) is 15.1 Å². The van der Waals surface area contributed by atoms with Crippen molar-refractivity contribution in [3.63, 3.8) is 0 Å². The maximum atomic E-state index is 13.1. The minimum absolute atomic E-state index is 0.00585. The summed E-state index contributed by atoms with van der Waals surface area (Å²) in [5.41, 5.74) is 0.712. The van der Waals surface area contributed by atoms with Crippen LogP contribution in [0.5, 0.6) is 0 Å². The van der Waals surface area contributed by atoms with Gasteiger partial charge in [-0.2, -0.15) is 0 Å². The molecule has 1 saturated heterocycles. The van der Waals surface area contributed by atoms with Crippen molar-refractivity contribution in [3.05, 3.63) is 35.6 Å². The van der Waals surface area contributed by atoms with Gasteiger partial charge in [0.2, 0.25) is 11.8 Å². The van der Waals surface area contributed by atoms with Crippen molar-refractivity contribution in [2.75, 3.05) is 39.3 Å². The predicted molar refractivity (Wildman–Crippen MR) is 102 cm³/mol. The number of nitrogens with zero attached hydrogens (tertiary/aromatic N) is 2. The number of nitrogens with one attached hydrogen (secondary N) is 1. The number of carbonyl (C=O) groups excluding carboxylic acids is 3. The molecule has 1 aliphatic heterocycles. The number of benzene rings is 1. The average molecular weight is 393 g/mol. The molecule has 0 aliphatic carbocycles. The van der Waals surface area contributed by atoms with Gasteiger partial charge < -0.3 is 19.9 Å². The van der Waals surface area contributed by atoms with E-state index in [9.17, 15) is 18.8 Å². The van der Waals surface area contributed by atoms with Crippen LogP contribution in [0.15, 0.2) is 24.3 Å². The SMILES string of the molecule is CCOC(=O)N1CCN(C(=O)CNC(=O)C(c2ccc(F)cc2)C(C)C)CC1. The predicted octanol–water partition coefficient (Wildman–Crippen LogP) is 1.98. The van der Waals surface area contributed by atoms with E-state index in [0.717, 1.165) is 0 Å². The van der Waals surface area contributed by atoms with E-state index in [1.165, 1.54) is 12.1 Å². The van der Waals surface area contributed by atoms with Crippen LogP contribution in [0.1, 0.15) is 32.3 Å². The molecule has 0 bridgehead atoms. The van der Waals surface area contributed by atoms with Crippen LogP contribution in [0.4, 0.5) is 9.18 Å². The zero-order valence-electron chi connectivity index (χ0n) is 16.6. The standard InChI is InChI=1S/C20H28FN3O4/c1-4-28-20(27)24-11-9-23(10-12-24)17(25)13-22-19(26)18(14(2)3)15-5-7-16(21)8-6-15/h5-8,14,18H,4,9-13H2,1-3H3,(H,22,26). The molecule has 0 spiro atoms. The van der Waals surface area contributed by atoms with Crippen molar-refractivity contribution in [2.24, 2.45) is 5.92 Å². The molecule has 1 aromatic carbocycles. The van der Waals surface area contributed by atoms with Crippen LogP contribution in [0, 0.1) is 11.7 Å². The van der Waals surface area contributed by atoms with Gasteiger partial charge in [-0.3, -0.25) is 9.59 Å². The number of ether oxygens (including phenoxy) is 1. The van der Waals surface area contributed by atoms with E-state index >= 15 is 0 Å². The van der Waals surface area contributed by atoms with E-state index < -0.39 is 5.92 Å². The van der Waals surface area contributed by atoms with Gasteiger partial charge in [-0.15, -0.1) is 0 Å². The van der Waals surface area contributed by atoms with Gasteiger partial charge in [0.15, 0.2) is 0 Å². The topological polar surface area (TPSA) is 79.0 Å². The quantitative estimate of drug-likeness (QED) is 0.802. The van der Waals surface area contributed by atoms with Gasteiger partial charge >= 0.3 is 6.09 Å². The highest BCUT2D eigenvalue weighted by Gasteiger charge is 2.27. The number of hydrogen-bond acceptors (Lipinski definition) is 4. The third-order valence-corrected chi connectivity index (χ3v) is 4.75. The van der Waals surface area contributed by atoms with Gasteiger partial charge in [-0.25, -0.2) is 9.18 Å². The Morgan fingerprint density at radius 3 is 2.18 bits per heavy atom. The molecule has 0 aromatic heterocycles. The fraction of sp³-hybridized carbons (Fsp3) is 0.550. The average Bonchev–Trinajstić information content (AvgIpc) is 2.68. The summed E-state index contributed by atoms with van der Waals surface area (Å²) in [6.07, 6.45) is -0.373. The maximum Gasteiger partial charge on any atom is 0.409 e. The summed E-state index contributed by atoms with van der Waals surface area (Å²) in [7, 11) is 0. The third-order valence-electron chi connectivity index (χ3n) is 4.75. The van der Waals surface area contributed by atoms with Crippen LogP contribution < -0.4 is 5.32 Å². The summed E-state index contributed by atoms with van der Waals surface area (Å²) in [6, 6.07) is 5.84. The first-order valence-corrected chi connectivity index (χ1v) is 9.56. The Hall–Kier alpha value is -2.64. The molecule has 28 heavy (non-hydrogen) atoms. The second-order valence-corrected chi connectivity index (χ2v) is 7.06. The molecule has 7 nitrogen and oxygen atoms in total. The molecule has 0 saturated carbocycles. The van der Waals surface area contributed by atoms with Gasteiger partial charge in [0.05, 0.1) is 19.1 Å². The second kappa shape index (κ2) is 10.1. The molecular formula is C20H28FN3O4. The molecular weight excluding hydrogens is 365 g/mol. The normalized spacial score (nSPS) is 15.3. The Balaban J connectivity index is 1.86. The summed E-state index contributed by atoms with van der Waals surface area (Å²) in [5.74, 6) is -1.29. The highest BCUT2D eigenvalue weighted by Crippen LogP contribution is 2.24. The molecule has 1 N–H and O–H groups in total. The van der Waals surface area contributed by atoms with Crippen LogP contribution in [-0.2, 0) is 14.3 Å². The molecule has 1 aliphatic rings. The Morgan fingerprint density at radius 1 is 1.07 bits per heavy atom. The summed E-state index contributed by atoms with van der Waals surface area (Å²) < 4.78 is 18.1. The molecule has 154 valence electrons. The lowest BCUT2D eigenvalue weighted by Gasteiger charge is -2.34. The van der Waals surface area contributed by atoms with E-state index in [4.69, 9.17) is 4.74 Å². The smallest absolute Gasteiger partial charge is 0.409 e. The van der Waals surface area contributed by atoms with E-state index in [1.807, 2.05) is 13.8 Å². The minimum Gasteiger partial charge on any atom is -0.450 e. The molecule has 2 rings (SSSR count). The highest BCUT2D eigenvalue weighted by molar-refractivity contribution is 5.88. The van der Waals surface area contributed by atoms with Crippen LogP contribution in [-0.4, -0.2) is 67.0 Å². The molecule has 1 unspecified atom stereocenters. The number of piperazine rings is 1. The molecule has 3 amide bonds. The number of rotatable bonds is 6. The zero-order chi connectivity index (χ0) is 20.7. The van der Waals surface area contributed by atoms with Gasteiger partial charge in [-0.05, 0) is 30.5 Å². The van der Waals surface area contributed by atoms with Crippen molar-refractivity contribution >= 4 is 17.9 Å². The van der Waals surface area contributed by atoms with E-state index in [0.29, 0.717) is 38.3 Å². The van der Waals surface area contributed by atoms with Crippen molar-refractivity contribution in [3.8, 4) is 0 Å². The fourth-order valence-electron chi connectivity index (χ4n) is 3.25. The Morgan fingerprint density at radius 2 is 1.64 bits per heavy atom. The van der Waals surface area contributed by atoms with Gasteiger partial charge in [0, 0.05) is 26.2 Å². The zero-order valence-corrected chi connectivity index (χ0v) is 16.6. The molecule has 1 fully saturated rings. The van der Waals surface area contributed by atoms with Crippen LogP contribution in [0.3, 0.4) is 0 Å². The Labute approximate surface area is 164 Å². The van der Waals surface area contributed by atoms with E-state index in [2.05, 4.69) is 5.32 Å². The maximum absolute atomic E-state index is 13.1. The van der Waals surface area contributed by atoms with E-state index in [-0.39, 0.29) is 36.2 Å². The Kier molecular flexibility index (Phi) is 7.78. The number of halogens is 1. The number of hydrogen-bond donors (Lipinski definition) is 1. The number of carbonyl (C=O) groups is 3. The van der Waals surface area contributed by atoms with Gasteiger partial charge in [-0.1, -0.05) is 26.0 Å². The largest absolute Gasteiger partial charge is 0.450 e. The lowest BCUT2D eigenvalue weighted by molar-refractivity contribution is -0.134. The van der Waals surface area contributed by atoms with E-state index in [1.54, 1.807) is 28.9 Å².